The fourth-order valence-electron chi connectivity index (χ4n) is 5.21. The van der Waals surface area contributed by atoms with Gasteiger partial charge >= 0.3 is 6.18 Å². The van der Waals surface area contributed by atoms with E-state index in [4.69, 9.17) is 10.1 Å². The number of alkyl halides is 3. The summed E-state index contributed by atoms with van der Waals surface area (Å²) in [5.74, 6) is -0.386. The van der Waals surface area contributed by atoms with E-state index in [1.54, 1.807) is 9.80 Å². The van der Waals surface area contributed by atoms with E-state index >= 15 is 0 Å². The molecule has 0 unspecified atom stereocenters. The summed E-state index contributed by atoms with van der Waals surface area (Å²) in [6, 6.07) is 5.08. The number of nitrogens with one attached hydrogen (secondary N) is 2. The monoisotopic (exact) mass is 521 g/mol. The number of piperazine rings is 1. The molecule has 2 fully saturated rings. The second kappa shape index (κ2) is 11.1. The van der Waals surface area contributed by atoms with Crippen LogP contribution < -0.4 is 10.2 Å². The maximum absolute atomic E-state index is 13.0. The van der Waals surface area contributed by atoms with Gasteiger partial charge in [0.2, 0.25) is 5.91 Å². The predicted octanol–water partition coefficient (Wildman–Crippen LogP) is 3.04. The summed E-state index contributed by atoms with van der Waals surface area (Å²) in [7, 11) is 0. The van der Waals surface area contributed by atoms with E-state index in [9.17, 15) is 22.8 Å². The molecule has 2 N–H and O–H groups in total. The first-order valence-electron chi connectivity index (χ1n) is 12.7. The molecule has 3 aliphatic rings. The number of halogens is 3. The summed E-state index contributed by atoms with van der Waals surface area (Å²) in [6.45, 7) is 6.81. The second-order valence-electron chi connectivity index (χ2n) is 9.92. The van der Waals surface area contributed by atoms with Crippen molar-refractivity contribution >= 4 is 23.2 Å². The molecule has 1 aliphatic carbocycles. The fraction of sp³-hybridized carbons (Fsp3) is 0.577. The van der Waals surface area contributed by atoms with Crippen molar-refractivity contribution in [3.8, 4) is 0 Å². The van der Waals surface area contributed by atoms with Crippen molar-refractivity contribution < 1.29 is 27.5 Å². The summed E-state index contributed by atoms with van der Waals surface area (Å²) in [6.07, 6.45) is -2.38. The van der Waals surface area contributed by atoms with E-state index in [0.717, 1.165) is 24.3 Å². The zero-order valence-electron chi connectivity index (χ0n) is 21.2. The second-order valence-corrected chi connectivity index (χ2v) is 9.92. The molecule has 2 aliphatic heterocycles. The highest BCUT2D eigenvalue weighted by molar-refractivity contribution is 6.44. The Morgan fingerprint density at radius 3 is 2.22 bits per heavy atom. The Labute approximate surface area is 214 Å². The first-order chi connectivity index (χ1) is 17.5. The van der Waals surface area contributed by atoms with Gasteiger partial charge in [0.05, 0.1) is 24.3 Å². The molecule has 1 aromatic rings. The molecule has 2 saturated heterocycles. The molecule has 0 aromatic heterocycles. The van der Waals surface area contributed by atoms with Crippen LogP contribution in [0.25, 0.3) is 0 Å². The molecular formula is C26H34F3N5O3. The lowest BCUT2D eigenvalue weighted by Crippen LogP contribution is -2.51. The van der Waals surface area contributed by atoms with Gasteiger partial charge in [0.25, 0.3) is 5.91 Å². The van der Waals surface area contributed by atoms with Gasteiger partial charge in [0, 0.05) is 56.2 Å². The minimum atomic E-state index is -4.36. The number of hydrogen-bond acceptors (Lipinski definition) is 6. The Morgan fingerprint density at radius 2 is 1.62 bits per heavy atom. The van der Waals surface area contributed by atoms with Gasteiger partial charge in [-0.25, -0.2) is 0 Å². The molecule has 202 valence electrons. The molecule has 37 heavy (non-hydrogen) atoms. The van der Waals surface area contributed by atoms with Gasteiger partial charge in [-0.2, -0.15) is 13.2 Å². The number of carbonyl (C=O) groups is 2. The summed E-state index contributed by atoms with van der Waals surface area (Å²) in [5, 5.41) is 11.7. The van der Waals surface area contributed by atoms with Crippen LogP contribution in [0.1, 0.15) is 38.7 Å². The van der Waals surface area contributed by atoms with E-state index in [1.165, 1.54) is 12.1 Å². The average molecular weight is 522 g/mol. The first kappa shape index (κ1) is 27.0. The molecule has 2 amide bonds. The van der Waals surface area contributed by atoms with Crippen LogP contribution in [0.15, 0.2) is 35.5 Å². The zero-order chi connectivity index (χ0) is 26.7. The van der Waals surface area contributed by atoms with Crippen LogP contribution in [0.4, 0.5) is 18.9 Å². The first-order valence-corrected chi connectivity index (χ1v) is 12.7. The number of carbonyl (C=O) groups excluding carboxylic acids is 2. The van der Waals surface area contributed by atoms with E-state index < -0.39 is 11.7 Å². The maximum Gasteiger partial charge on any atom is 0.416 e. The van der Waals surface area contributed by atoms with Crippen LogP contribution in [0.2, 0.25) is 0 Å². The molecule has 0 bridgehead atoms. The summed E-state index contributed by atoms with van der Waals surface area (Å²) in [4.78, 5) is 31.2. The number of benzene rings is 1. The van der Waals surface area contributed by atoms with Crippen molar-refractivity contribution in [2.45, 2.75) is 51.5 Å². The molecule has 8 nitrogen and oxygen atoms in total. The number of rotatable bonds is 6. The topological polar surface area (TPSA) is 89.0 Å². The summed E-state index contributed by atoms with van der Waals surface area (Å²) >= 11 is 0. The SMILES string of the molecule is C[C@@H]1CN(C(=O)C(=N)C2=C(NCC(=O)N3CCN(c4ccc(C(F)(F)F)cc4)CC3)CCC2)C[C@H](C)O1. The van der Waals surface area contributed by atoms with Crippen LogP contribution >= 0.6 is 0 Å². The smallest absolute Gasteiger partial charge is 0.379 e. The van der Waals surface area contributed by atoms with Crippen molar-refractivity contribution in [1.29, 1.82) is 5.41 Å². The number of allylic oxidation sites excluding steroid dienone is 1. The molecule has 0 radical (unpaired) electrons. The van der Waals surface area contributed by atoms with Crippen LogP contribution in [-0.2, 0) is 20.5 Å². The van der Waals surface area contributed by atoms with Crippen LogP contribution in [0.3, 0.4) is 0 Å². The van der Waals surface area contributed by atoms with E-state index in [1.807, 2.05) is 18.7 Å². The number of nitrogens with zero attached hydrogens (tertiary/aromatic N) is 3. The Bertz CT molecular complexity index is 1040. The molecule has 0 saturated carbocycles. The summed E-state index contributed by atoms with van der Waals surface area (Å²) < 4.78 is 44.1. The normalized spacial score (nSPS) is 22.9. The standard InChI is InChI=1S/C26H34F3N5O3/c1-17-15-34(16-18(2)37-17)25(36)24(30)21-4-3-5-22(21)31-14-23(35)33-12-10-32(11-13-33)20-8-6-19(7-9-20)26(27,28)29/h6-9,17-18,30-31H,3-5,10-16H2,1-2H3/t17-,18+. The van der Waals surface area contributed by atoms with E-state index in [0.29, 0.717) is 63.4 Å². The van der Waals surface area contributed by atoms with Crippen LogP contribution in [-0.4, -0.2) is 85.3 Å². The third-order valence-corrected chi connectivity index (χ3v) is 7.09. The Kier molecular flexibility index (Phi) is 8.11. The van der Waals surface area contributed by atoms with Crippen molar-refractivity contribution in [3.05, 3.63) is 41.1 Å². The van der Waals surface area contributed by atoms with Gasteiger partial charge in [-0.05, 0) is 57.4 Å². The Balaban J connectivity index is 1.29. The number of morpholine rings is 1. The van der Waals surface area contributed by atoms with Gasteiger partial charge in [-0.15, -0.1) is 0 Å². The van der Waals surface area contributed by atoms with Gasteiger partial charge in [0.15, 0.2) is 0 Å². The zero-order valence-corrected chi connectivity index (χ0v) is 21.2. The lowest BCUT2D eigenvalue weighted by atomic mass is 10.1. The van der Waals surface area contributed by atoms with E-state index in [2.05, 4.69) is 5.32 Å². The molecule has 2 heterocycles. The van der Waals surface area contributed by atoms with Crippen molar-refractivity contribution in [2.24, 2.45) is 0 Å². The largest absolute Gasteiger partial charge is 0.416 e. The highest BCUT2D eigenvalue weighted by atomic mass is 19.4. The van der Waals surface area contributed by atoms with E-state index in [-0.39, 0.29) is 36.3 Å². The molecule has 0 spiro atoms. The van der Waals surface area contributed by atoms with Gasteiger partial charge in [0.1, 0.15) is 5.71 Å². The lowest BCUT2D eigenvalue weighted by Gasteiger charge is -2.36. The highest BCUT2D eigenvalue weighted by Gasteiger charge is 2.32. The van der Waals surface area contributed by atoms with Gasteiger partial charge in [-0.3, -0.25) is 15.0 Å². The predicted molar refractivity (Wildman–Crippen MR) is 133 cm³/mol. The third kappa shape index (κ3) is 6.44. The fourth-order valence-corrected chi connectivity index (χ4v) is 5.21. The Morgan fingerprint density at radius 1 is 1.00 bits per heavy atom. The maximum atomic E-state index is 13.0. The Hall–Kier alpha value is -3.08. The third-order valence-electron chi connectivity index (χ3n) is 7.09. The van der Waals surface area contributed by atoms with Gasteiger partial charge < -0.3 is 24.8 Å². The number of anilines is 1. The minimum Gasteiger partial charge on any atom is -0.379 e. The van der Waals surface area contributed by atoms with Gasteiger partial charge in [-0.1, -0.05) is 0 Å². The summed E-state index contributed by atoms with van der Waals surface area (Å²) in [5.41, 5.74) is 1.46. The molecular weight excluding hydrogens is 487 g/mol. The molecule has 1 aromatic carbocycles. The van der Waals surface area contributed by atoms with Crippen LogP contribution in [0.5, 0.6) is 0 Å². The van der Waals surface area contributed by atoms with Crippen molar-refractivity contribution in [2.75, 3.05) is 50.7 Å². The minimum absolute atomic E-state index is 0.0149. The number of amides is 2. The molecule has 2 atom stereocenters. The molecule has 4 rings (SSSR count). The lowest BCUT2D eigenvalue weighted by molar-refractivity contribution is -0.137. The highest BCUT2D eigenvalue weighted by Crippen LogP contribution is 2.31. The quantitative estimate of drug-likeness (QED) is 0.562. The van der Waals surface area contributed by atoms with Crippen molar-refractivity contribution in [1.82, 2.24) is 15.1 Å². The average Bonchev–Trinajstić information content (AvgIpc) is 3.34. The van der Waals surface area contributed by atoms with Crippen molar-refractivity contribution in [3.63, 3.8) is 0 Å². The van der Waals surface area contributed by atoms with Crippen LogP contribution in [0, 0.1) is 5.41 Å². The number of hydrogen-bond donors (Lipinski definition) is 2. The molecule has 11 heteroatoms. The number of ether oxygens (including phenoxy) is 1.